The molecule has 0 heterocycles. The van der Waals surface area contributed by atoms with E-state index in [-0.39, 0.29) is 0 Å². The summed E-state index contributed by atoms with van der Waals surface area (Å²) in [4.78, 5) is 0. The molecule has 0 aliphatic rings. The molecule has 0 N–H and O–H groups in total. The maximum Gasteiger partial charge on any atom is 0.226 e. The minimum atomic E-state index is -1.94. The normalized spacial score (nSPS) is 14.6. The summed E-state index contributed by atoms with van der Waals surface area (Å²) >= 11 is 40.3. The van der Waals surface area contributed by atoms with E-state index in [1.165, 1.54) is 0 Å². The predicted molar refractivity (Wildman–Crippen MR) is 68.7 cm³/mol. The second-order valence-electron chi connectivity index (χ2n) is 2.88. The van der Waals surface area contributed by atoms with Crippen LogP contribution in [0.2, 0.25) is 0 Å². The molecule has 0 saturated heterocycles. The van der Waals surface area contributed by atoms with Crippen LogP contribution in [-0.4, -0.2) is 12.5 Å². The molecule has 14 heavy (non-hydrogen) atoms. The lowest BCUT2D eigenvalue weighted by Crippen LogP contribution is -2.46. The first-order valence-corrected chi connectivity index (χ1v) is 6.53. The van der Waals surface area contributed by atoms with Crippen molar-refractivity contribution in [2.45, 2.75) is 38.6 Å². The summed E-state index contributed by atoms with van der Waals surface area (Å²) in [6.45, 7) is 1.98. The van der Waals surface area contributed by atoms with Crippen LogP contribution in [-0.2, 0) is 0 Å². The van der Waals surface area contributed by atoms with Crippen LogP contribution < -0.4 is 0 Å². The monoisotopic (exact) mass is 338 g/mol. The summed E-state index contributed by atoms with van der Waals surface area (Å²) < 4.78 is -5.27. The summed E-state index contributed by atoms with van der Waals surface area (Å²) in [7, 11) is 0. The van der Waals surface area contributed by atoms with E-state index in [9.17, 15) is 0 Å². The van der Waals surface area contributed by atoms with Crippen LogP contribution in [0.4, 0.5) is 0 Å². The molecule has 0 unspecified atom stereocenters. The molecule has 0 aromatic rings. The minimum Gasteiger partial charge on any atom is -0.0981 e. The molecule has 86 valence electrons. The Hall–Kier alpha value is 2.03. The van der Waals surface area contributed by atoms with Crippen molar-refractivity contribution in [2.24, 2.45) is 0 Å². The molecule has 0 fully saturated rings. The topological polar surface area (TPSA) is 0 Å². The quantitative estimate of drug-likeness (QED) is 0.559. The van der Waals surface area contributed by atoms with Gasteiger partial charge in [0.1, 0.15) is 0 Å². The van der Waals surface area contributed by atoms with Gasteiger partial charge >= 0.3 is 0 Å². The zero-order chi connectivity index (χ0) is 11.6. The van der Waals surface area contributed by atoms with Gasteiger partial charge in [0.25, 0.3) is 0 Å². The standard InChI is InChI=1S/C7H9Cl7/c1-2-3-4-5(8,9)6(10,11)7(12,13)14/h2-4H2,1H3. The lowest BCUT2D eigenvalue weighted by molar-refractivity contribution is 0.577. The first-order chi connectivity index (χ1) is 6.06. The molecule has 0 aliphatic carbocycles. The van der Waals surface area contributed by atoms with Gasteiger partial charge in [-0.1, -0.05) is 101 Å². The molecule has 7 heteroatoms. The molecule has 0 amide bonds. The lowest BCUT2D eigenvalue weighted by atomic mass is 10.1. The van der Waals surface area contributed by atoms with Crippen LogP contribution in [0.3, 0.4) is 0 Å². The van der Waals surface area contributed by atoms with Gasteiger partial charge in [0.2, 0.25) is 3.79 Å². The average Bonchev–Trinajstić information content (AvgIpc) is 1.98. The molecule has 0 nitrogen and oxygen atoms in total. The van der Waals surface area contributed by atoms with Crippen molar-refractivity contribution in [3.05, 3.63) is 0 Å². The fourth-order valence-corrected chi connectivity index (χ4v) is 2.28. The van der Waals surface area contributed by atoms with E-state index in [2.05, 4.69) is 0 Å². The Morgan fingerprint density at radius 3 is 1.57 bits per heavy atom. The smallest absolute Gasteiger partial charge is 0.0981 e. The fraction of sp³-hybridized carbons (Fsp3) is 1.00. The number of alkyl halides is 7. The Morgan fingerprint density at radius 2 is 1.29 bits per heavy atom. The van der Waals surface area contributed by atoms with Gasteiger partial charge in [-0.15, -0.1) is 0 Å². The maximum atomic E-state index is 5.94. The third kappa shape index (κ3) is 3.80. The van der Waals surface area contributed by atoms with Gasteiger partial charge < -0.3 is 0 Å². The van der Waals surface area contributed by atoms with E-state index in [1.807, 2.05) is 6.92 Å². The molecule has 0 aromatic carbocycles. The molecule has 0 aliphatic heterocycles. The number of halogens is 7. The second-order valence-corrected chi connectivity index (χ2v) is 7.97. The molecule has 0 radical (unpaired) electrons. The molecule has 0 aromatic heterocycles. The largest absolute Gasteiger partial charge is 0.226 e. The number of rotatable bonds is 4. The summed E-state index contributed by atoms with van der Waals surface area (Å²) in [5.74, 6) is 0. The second kappa shape index (κ2) is 5.58. The van der Waals surface area contributed by atoms with Gasteiger partial charge in [0.05, 0.1) is 0 Å². The average molecular weight is 341 g/mol. The maximum absolute atomic E-state index is 5.94. The Bertz CT molecular complexity index is 181. The van der Waals surface area contributed by atoms with Crippen molar-refractivity contribution in [1.29, 1.82) is 0 Å². The van der Waals surface area contributed by atoms with E-state index in [4.69, 9.17) is 81.2 Å². The van der Waals surface area contributed by atoms with E-state index in [0.717, 1.165) is 12.8 Å². The van der Waals surface area contributed by atoms with Crippen molar-refractivity contribution in [3.63, 3.8) is 0 Å². The Morgan fingerprint density at radius 1 is 0.857 bits per heavy atom. The Balaban J connectivity index is 4.69. The van der Waals surface area contributed by atoms with Gasteiger partial charge in [-0.2, -0.15) is 0 Å². The van der Waals surface area contributed by atoms with Crippen LogP contribution in [0.25, 0.3) is 0 Å². The van der Waals surface area contributed by atoms with Crippen LogP contribution >= 0.6 is 81.2 Å². The highest BCUT2D eigenvalue weighted by molar-refractivity contribution is 6.78. The predicted octanol–water partition coefficient (Wildman–Crippen LogP) is 5.89. The molecule has 0 bridgehead atoms. The third-order valence-corrected chi connectivity index (χ3v) is 5.63. The van der Waals surface area contributed by atoms with Crippen LogP contribution in [0.1, 0.15) is 26.2 Å². The molecule has 0 atom stereocenters. The summed E-state index contributed by atoms with van der Waals surface area (Å²) in [5, 5.41) is 0. The highest BCUT2D eigenvalue weighted by Gasteiger charge is 2.59. The fourth-order valence-electron chi connectivity index (χ4n) is 0.763. The molecular weight excluding hydrogens is 332 g/mol. The van der Waals surface area contributed by atoms with Crippen LogP contribution in [0.5, 0.6) is 0 Å². The molecule has 0 rings (SSSR count). The zero-order valence-corrected chi connectivity index (χ0v) is 12.6. The Kier molecular flexibility index (Phi) is 6.39. The number of hydrogen-bond acceptors (Lipinski definition) is 0. The van der Waals surface area contributed by atoms with Crippen molar-refractivity contribution in [1.82, 2.24) is 0 Å². The lowest BCUT2D eigenvalue weighted by Gasteiger charge is -2.37. The highest BCUT2D eigenvalue weighted by atomic mass is 35.6. The summed E-state index contributed by atoms with van der Waals surface area (Å²) in [6, 6.07) is 0. The van der Waals surface area contributed by atoms with E-state index in [0.29, 0.717) is 6.42 Å². The zero-order valence-electron chi connectivity index (χ0n) is 7.27. The first kappa shape index (κ1) is 16.0. The highest BCUT2D eigenvalue weighted by Crippen LogP contribution is 2.57. The molecular formula is C7H9Cl7. The Labute approximate surface area is 119 Å². The van der Waals surface area contributed by atoms with Crippen LogP contribution in [0, 0.1) is 0 Å². The van der Waals surface area contributed by atoms with Gasteiger partial charge in [-0.3, -0.25) is 0 Å². The third-order valence-electron chi connectivity index (χ3n) is 1.66. The van der Waals surface area contributed by atoms with Gasteiger partial charge in [0.15, 0.2) is 8.67 Å². The van der Waals surface area contributed by atoms with Crippen molar-refractivity contribution < 1.29 is 0 Å². The van der Waals surface area contributed by atoms with Gasteiger partial charge in [0, 0.05) is 0 Å². The van der Waals surface area contributed by atoms with Crippen molar-refractivity contribution in [2.75, 3.05) is 0 Å². The summed E-state index contributed by atoms with van der Waals surface area (Å²) in [6.07, 6.45) is 1.99. The SMILES string of the molecule is CCCCC(Cl)(Cl)C(Cl)(Cl)C(Cl)(Cl)Cl. The van der Waals surface area contributed by atoms with Gasteiger partial charge in [-0.05, 0) is 6.42 Å². The number of unbranched alkanes of at least 4 members (excludes halogenated alkanes) is 1. The van der Waals surface area contributed by atoms with E-state index < -0.39 is 12.5 Å². The minimum absolute atomic E-state index is 0.355. The number of hydrogen-bond donors (Lipinski definition) is 0. The van der Waals surface area contributed by atoms with Crippen molar-refractivity contribution in [3.8, 4) is 0 Å². The van der Waals surface area contributed by atoms with Crippen molar-refractivity contribution >= 4 is 81.2 Å². The van der Waals surface area contributed by atoms with E-state index >= 15 is 0 Å². The van der Waals surface area contributed by atoms with Crippen LogP contribution in [0.15, 0.2) is 0 Å². The first-order valence-electron chi connectivity index (χ1n) is 3.88. The van der Waals surface area contributed by atoms with Gasteiger partial charge in [-0.25, -0.2) is 0 Å². The molecule has 0 spiro atoms. The summed E-state index contributed by atoms with van der Waals surface area (Å²) in [5.41, 5.74) is 0. The van der Waals surface area contributed by atoms with E-state index in [1.54, 1.807) is 0 Å². The molecule has 0 saturated carbocycles.